The lowest BCUT2D eigenvalue weighted by Gasteiger charge is -2.15. The van der Waals surface area contributed by atoms with Crippen LogP contribution in [-0.2, 0) is 16.0 Å². The van der Waals surface area contributed by atoms with Crippen molar-refractivity contribution in [3.8, 4) is 0 Å². The zero-order valence-corrected chi connectivity index (χ0v) is 10.8. The molecule has 1 aromatic heterocycles. The van der Waals surface area contributed by atoms with E-state index in [0.29, 0.717) is 6.42 Å². The third kappa shape index (κ3) is 4.10. The summed E-state index contributed by atoms with van der Waals surface area (Å²) < 4.78 is 10.1. The van der Waals surface area contributed by atoms with Crippen LogP contribution in [-0.4, -0.2) is 13.1 Å². The van der Waals surface area contributed by atoms with Gasteiger partial charge < -0.3 is 9.15 Å². The topological polar surface area (TPSA) is 39.4 Å². The van der Waals surface area contributed by atoms with E-state index >= 15 is 0 Å². The second-order valence-corrected chi connectivity index (χ2v) is 4.39. The highest BCUT2D eigenvalue weighted by Crippen LogP contribution is 2.23. The van der Waals surface area contributed by atoms with Gasteiger partial charge in [-0.05, 0) is 37.8 Å². The third-order valence-electron chi connectivity index (χ3n) is 3.02. The zero-order chi connectivity index (χ0) is 12.8. The van der Waals surface area contributed by atoms with Crippen LogP contribution < -0.4 is 0 Å². The highest BCUT2D eigenvalue weighted by Gasteiger charge is 2.15. The Morgan fingerprint density at radius 1 is 1.59 bits per heavy atom. The molecule has 0 saturated carbocycles. The molecule has 1 heterocycles. The number of rotatable bonds is 6. The van der Waals surface area contributed by atoms with Gasteiger partial charge in [0.05, 0.1) is 13.4 Å². The lowest BCUT2D eigenvalue weighted by Crippen LogP contribution is -2.10. The monoisotopic (exact) mass is 236 g/mol. The van der Waals surface area contributed by atoms with Gasteiger partial charge in [-0.3, -0.25) is 4.79 Å². The van der Waals surface area contributed by atoms with Gasteiger partial charge in [0, 0.05) is 12.8 Å². The van der Waals surface area contributed by atoms with Crippen molar-refractivity contribution >= 4 is 5.97 Å². The number of ether oxygens (including phenoxy) is 1. The molecule has 0 spiro atoms. The second-order valence-electron chi connectivity index (χ2n) is 4.39. The van der Waals surface area contributed by atoms with Gasteiger partial charge in [0.15, 0.2) is 0 Å². The van der Waals surface area contributed by atoms with E-state index in [4.69, 9.17) is 4.42 Å². The highest BCUT2D eigenvalue weighted by molar-refractivity contribution is 5.69. The van der Waals surface area contributed by atoms with Crippen molar-refractivity contribution in [2.75, 3.05) is 7.11 Å². The Bertz CT molecular complexity index is 390. The molecule has 94 valence electrons. The normalized spacial score (nSPS) is 12.2. The van der Waals surface area contributed by atoms with Crippen LogP contribution in [0.5, 0.6) is 0 Å². The summed E-state index contributed by atoms with van der Waals surface area (Å²) in [4.78, 5) is 11.1. The SMILES string of the molecule is C=C(C)[C@@H](CCC(=O)OC)Cc1occc1C. The van der Waals surface area contributed by atoms with Crippen molar-refractivity contribution < 1.29 is 13.9 Å². The first-order valence-electron chi connectivity index (χ1n) is 5.79. The molecule has 17 heavy (non-hydrogen) atoms. The van der Waals surface area contributed by atoms with E-state index < -0.39 is 0 Å². The molecule has 3 heteroatoms. The van der Waals surface area contributed by atoms with Crippen molar-refractivity contribution in [2.24, 2.45) is 5.92 Å². The zero-order valence-electron chi connectivity index (χ0n) is 10.8. The molecule has 0 aliphatic rings. The molecule has 0 fully saturated rings. The number of hydrogen-bond acceptors (Lipinski definition) is 3. The first kappa shape index (κ1) is 13.6. The maximum atomic E-state index is 11.1. The predicted octanol–water partition coefficient (Wildman–Crippen LogP) is 3.28. The van der Waals surface area contributed by atoms with E-state index in [-0.39, 0.29) is 11.9 Å². The van der Waals surface area contributed by atoms with Crippen LogP contribution >= 0.6 is 0 Å². The summed E-state index contributed by atoms with van der Waals surface area (Å²) in [7, 11) is 1.41. The molecule has 1 rings (SSSR count). The molecule has 0 unspecified atom stereocenters. The molecular weight excluding hydrogens is 216 g/mol. The number of carbonyl (C=O) groups excluding carboxylic acids is 1. The minimum absolute atomic E-state index is 0.174. The van der Waals surface area contributed by atoms with Gasteiger partial charge in [-0.1, -0.05) is 12.2 Å². The van der Waals surface area contributed by atoms with E-state index in [2.05, 4.69) is 11.3 Å². The lowest BCUT2D eigenvalue weighted by molar-refractivity contribution is -0.140. The average molecular weight is 236 g/mol. The summed E-state index contributed by atoms with van der Waals surface area (Å²) in [6.45, 7) is 7.98. The lowest BCUT2D eigenvalue weighted by atomic mass is 9.91. The van der Waals surface area contributed by atoms with Crippen molar-refractivity contribution in [1.29, 1.82) is 0 Å². The number of carbonyl (C=O) groups is 1. The van der Waals surface area contributed by atoms with Crippen molar-refractivity contribution in [2.45, 2.75) is 33.1 Å². The Labute approximate surface area is 102 Å². The first-order chi connectivity index (χ1) is 8.04. The Kier molecular flexibility index (Phi) is 5.01. The summed E-state index contributed by atoms with van der Waals surface area (Å²) in [5, 5.41) is 0. The molecule has 0 bridgehead atoms. The van der Waals surface area contributed by atoms with Crippen LogP contribution in [0.4, 0.5) is 0 Å². The molecule has 0 saturated heterocycles. The standard InChI is InChI=1S/C14H20O3/c1-10(2)12(5-6-14(15)16-4)9-13-11(3)7-8-17-13/h7-8,12H,1,5-6,9H2,2-4H3/t12-/m0/s1. The molecule has 0 N–H and O–H groups in total. The van der Waals surface area contributed by atoms with E-state index in [1.165, 1.54) is 7.11 Å². The summed E-state index contributed by atoms with van der Waals surface area (Å²) in [5.74, 6) is 1.06. The molecule has 0 aliphatic carbocycles. The smallest absolute Gasteiger partial charge is 0.305 e. The minimum Gasteiger partial charge on any atom is -0.469 e. The molecule has 0 radical (unpaired) electrons. The highest BCUT2D eigenvalue weighted by atomic mass is 16.5. The van der Waals surface area contributed by atoms with Crippen molar-refractivity contribution in [3.63, 3.8) is 0 Å². The Hall–Kier alpha value is -1.51. The summed E-state index contributed by atoms with van der Waals surface area (Å²) in [6, 6.07) is 1.95. The summed E-state index contributed by atoms with van der Waals surface area (Å²) in [6.07, 6.45) is 3.67. The van der Waals surface area contributed by atoms with Gasteiger partial charge in [0.25, 0.3) is 0 Å². The molecule has 0 aliphatic heterocycles. The number of methoxy groups -OCH3 is 1. The first-order valence-corrected chi connectivity index (χ1v) is 5.79. The fourth-order valence-electron chi connectivity index (χ4n) is 1.75. The summed E-state index contributed by atoms with van der Waals surface area (Å²) >= 11 is 0. The molecule has 3 nitrogen and oxygen atoms in total. The van der Waals surface area contributed by atoms with Gasteiger partial charge in [0.2, 0.25) is 0 Å². The second kappa shape index (κ2) is 6.28. The number of hydrogen-bond donors (Lipinski definition) is 0. The third-order valence-corrected chi connectivity index (χ3v) is 3.02. The molecule has 0 amide bonds. The average Bonchev–Trinajstić information content (AvgIpc) is 2.69. The van der Waals surface area contributed by atoms with Crippen LogP contribution in [0.2, 0.25) is 0 Å². The largest absolute Gasteiger partial charge is 0.469 e. The van der Waals surface area contributed by atoms with Crippen LogP contribution in [0.15, 0.2) is 28.9 Å². The van der Waals surface area contributed by atoms with Crippen molar-refractivity contribution in [3.05, 3.63) is 35.8 Å². The van der Waals surface area contributed by atoms with Gasteiger partial charge in [0.1, 0.15) is 5.76 Å². The molecule has 0 aromatic carbocycles. The van der Waals surface area contributed by atoms with Crippen LogP contribution in [0.3, 0.4) is 0 Å². The van der Waals surface area contributed by atoms with E-state index in [0.717, 1.165) is 29.7 Å². The molecule has 1 aromatic rings. The fourth-order valence-corrected chi connectivity index (χ4v) is 1.75. The number of allylic oxidation sites excluding steroid dienone is 1. The maximum absolute atomic E-state index is 11.1. The van der Waals surface area contributed by atoms with Crippen LogP contribution in [0, 0.1) is 12.8 Å². The number of aryl methyl sites for hydroxylation is 1. The fraction of sp³-hybridized carbons (Fsp3) is 0.500. The Balaban J connectivity index is 2.58. The number of furan rings is 1. The quantitative estimate of drug-likeness (QED) is 0.562. The number of esters is 1. The maximum Gasteiger partial charge on any atom is 0.305 e. The van der Waals surface area contributed by atoms with Crippen LogP contribution in [0.1, 0.15) is 31.1 Å². The van der Waals surface area contributed by atoms with Gasteiger partial charge in [-0.15, -0.1) is 0 Å². The van der Waals surface area contributed by atoms with Crippen molar-refractivity contribution in [1.82, 2.24) is 0 Å². The summed E-state index contributed by atoms with van der Waals surface area (Å²) in [5.41, 5.74) is 2.22. The molecular formula is C14H20O3. The van der Waals surface area contributed by atoms with Gasteiger partial charge >= 0.3 is 5.97 Å². The van der Waals surface area contributed by atoms with Gasteiger partial charge in [-0.2, -0.15) is 0 Å². The van der Waals surface area contributed by atoms with E-state index in [1.54, 1.807) is 6.26 Å². The minimum atomic E-state index is -0.174. The van der Waals surface area contributed by atoms with Gasteiger partial charge in [-0.25, -0.2) is 0 Å². The van der Waals surface area contributed by atoms with E-state index in [1.807, 2.05) is 19.9 Å². The molecule has 1 atom stereocenters. The van der Waals surface area contributed by atoms with Crippen LogP contribution in [0.25, 0.3) is 0 Å². The van der Waals surface area contributed by atoms with E-state index in [9.17, 15) is 4.79 Å². The predicted molar refractivity (Wildman–Crippen MR) is 66.7 cm³/mol. The Morgan fingerprint density at radius 3 is 2.76 bits per heavy atom. The Morgan fingerprint density at radius 2 is 2.29 bits per heavy atom.